The monoisotopic (exact) mass is 316 g/mol. The Labute approximate surface area is 147 Å². The van der Waals surface area contributed by atoms with Crippen molar-refractivity contribution in [1.82, 2.24) is 0 Å². The molecule has 2 aliphatic rings. The van der Waals surface area contributed by atoms with Crippen LogP contribution >= 0.6 is 0 Å². The Morgan fingerprint density at radius 3 is 2.08 bits per heavy atom. The van der Waals surface area contributed by atoms with E-state index in [0.29, 0.717) is 0 Å². The Kier molecular flexibility index (Phi) is 4.29. The molecule has 1 aliphatic carbocycles. The van der Waals surface area contributed by atoms with Gasteiger partial charge in [-0.1, -0.05) is 113 Å². The Balaban J connectivity index is 1.70. The molecule has 1 heteroatoms. The smallest absolute Gasteiger partial charge is 0.0797 e. The number of benzene rings is 2. The van der Waals surface area contributed by atoms with Gasteiger partial charge in [0.2, 0.25) is 0 Å². The zero-order valence-electron chi connectivity index (χ0n) is 15.3. The highest BCUT2D eigenvalue weighted by Crippen LogP contribution is 2.48. The van der Waals surface area contributed by atoms with E-state index in [1.807, 2.05) is 0 Å². The number of fused-ring (bicyclic) bond motifs is 3. The average molecular weight is 316 g/mol. The normalized spacial score (nSPS) is 19.8. The first kappa shape index (κ1) is 16.0. The van der Waals surface area contributed by atoms with Crippen molar-refractivity contribution < 1.29 is 0 Å². The quantitative estimate of drug-likeness (QED) is 0.562. The maximum Gasteiger partial charge on any atom is 0.175 e. The van der Waals surface area contributed by atoms with E-state index in [-0.39, 0.29) is 5.41 Å². The SMILES string of the molecule is CC1(C)c2ccccc2-c2ccc(B3CCCCCCCC3)cc21. The van der Waals surface area contributed by atoms with Crippen LogP contribution in [0.4, 0.5) is 0 Å². The molecule has 0 nitrogen and oxygen atoms in total. The second kappa shape index (κ2) is 6.43. The molecule has 0 aromatic heterocycles. The fourth-order valence-corrected chi connectivity index (χ4v) is 4.94. The van der Waals surface area contributed by atoms with Crippen molar-refractivity contribution in [3.63, 3.8) is 0 Å². The molecular formula is C23H29B. The summed E-state index contributed by atoms with van der Waals surface area (Å²) in [6.07, 6.45) is 11.3. The van der Waals surface area contributed by atoms with Gasteiger partial charge in [0.1, 0.15) is 0 Å². The molecule has 0 amide bonds. The summed E-state index contributed by atoms with van der Waals surface area (Å²) >= 11 is 0. The van der Waals surface area contributed by atoms with Gasteiger partial charge in [0.15, 0.2) is 6.71 Å². The molecule has 124 valence electrons. The molecular weight excluding hydrogens is 287 g/mol. The Morgan fingerprint density at radius 2 is 1.33 bits per heavy atom. The lowest BCUT2D eigenvalue weighted by atomic mass is 9.39. The van der Waals surface area contributed by atoms with Crippen LogP contribution in [0.5, 0.6) is 0 Å². The molecule has 2 aromatic rings. The Morgan fingerprint density at radius 1 is 0.708 bits per heavy atom. The molecule has 1 aliphatic heterocycles. The molecule has 0 unspecified atom stereocenters. The topological polar surface area (TPSA) is 0 Å². The minimum absolute atomic E-state index is 0.139. The number of hydrogen-bond acceptors (Lipinski definition) is 0. The van der Waals surface area contributed by atoms with Gasteiger partial charge in [0.05, 0.1) is 0 Å². The zero-order chi connectivity index (χ0) is 16.6. The number of rotatable bonds is 1. The van der Waals surface area contributed by atoms with E-state index >= 15 is 0 Å². The molecule has 0 N–H and O–H groups in total. The lowest BCUT2D eigenvalue weighted by Gasteiger charge is -2.23. The minimum atomic E-state index is 0.139. The third kappa shape index (κ3) is 2.72. The summed E-state index contributed by atoms with van der Waals surface area (Å²) in [7, 11) is 0. The first-order chi connectivity index (χ1) is 11.7. The van der Waals surface area contributed by atoms with E-state index in [4.69, 9.17) is 0 Å². The lowest BCUT2D eigenvalue weighted by Crippen LogP contribution is -2.31. The minimum Gasteiger partial charge on any atom is -0.0797 e. The summed E-state index contributed by atoms with van der Waals surface area (Å²) in [6.45, 7) is 5.56. The third-order valence-corrected chi connectivity index (χ3v) is 6.43. The standard InChI is InChI=1S/C23H29B/c1-23(2)21-12-8-7-11-19(21)20-14-13-18(17-22(20)23)24-15-9-5-3-4-6-10-16-24/h7-8,11-14,17H,3-6,9-10,15-16H2,1-2H3. The molecule has 0 bridgehead atoms. The van der Waals surface area contributed by atoms with Crippen LogP contribution in [0.15, 0.2) is 42.5 Å². The van der Waals surface area contributed by atoms with Gasteiger partial charge in [-0.15, -0.1) is 0 Å². The van der Waals surface area contributed by atoms with Gasteiger partial charge in [-0.2, -0.15) is 0 Å². The van der Waals surface area contributed by atoms with Crippen LogP contribution in [-0.2, 0) is 5.41 Å². The van der Waals surface area contributed by atoms with Crippen molar-refractivity contribution in [2.24, 2.45) is 0 Å². The highest BCUT2D eigenvalue weighted by Gasteiger charge is 2.35. The van der Waals surface area contributed by atoms with E-state index in [9.17, 15) is 0 Å². The van der Waals surface area contributed by atoms with Crippen LogP contribution in [0.3, 0.4) is 0 Å². The largest absolute Gasteiger partial charge is 0.175 e. The fourth-order valence-electron chi connectivity index (χ4n) is 4.94. The molecule has 1 saturated heterocycles. The van der Waals surface area contributed by atoms with Crippen LogP contribution in [0.1, 0.15) is 63.5 Å². The van der Waals surface area contributed by atoms with E-state index in [2.05, 4.69) is 56.3 Å². The van der Waals surface area contributed by atoms with Crippen molar-refractivity contribution in [3.8, 4) is 11.1 Å². The molecule has 4 rings (SSSR count). The van der Waals surface area contributed by atoms with Crippen molar-refractivity contribution >= 4 is 12.2 Å². The number of hydrogen-bond donors (Lipinski definition) is 0. The van der Waals surface area contributed by atoms with Crippen molar-refractivity contribution in [2.75, 3.05) is 0 Å². The molecule has 0 spiro atoms. The highest BCUT2D eigenvalue weighted by atomic mass is 14.4. The summed E-state index contributed by atoms with van der Waals surface area (Å²) in [5, 5.41) is 0. The summed E-state index contributed by atoms with van der Waals surface area (Å²) in [5.41, 5.74) is 7.67. The second-order valence-electron chi connectivity index (χ2n) is 8.37. The summed E-state index contributed by atoms with van der Waals surface area (Å²) in [4.78, 5) is 0. The first-order valence-corrected chi connectivity index (χ1v) is 9.92. The van der Waals surface area contributed by atoms with Gasteiger partial charge in [0.25, 0.3) is 0 Å². The van der Waals surface area contributed by atoms with Crippen LogP contribution < -0.4 is 5.46 Å². The Bertz CT molecular complexity index is 719. The second-order valence-corrected chi connectivity index (χ2v) is 8.37. The van der Waals surface area contributed by atoms with E-state index in [0.717, 1.165) is 6.71 Å². The molecule has 2 aromatic carbocycles. The third-order valence-electron chi connectivity index (χ3n) is 6.43. The highest BCUT2D eigenvalue weighted by molar-refractivity contribution is 6.73. The first-order valence-electron chi connectivity index (χ1n) is 9.92. The van der Waals surface area contributed by atoms with Crippen molar-refractivity contribution in [3.05, 3.63) is 53.6 Å². The summed E-state index contributed by atoms with van der Waals surface area (Å²) in [6, 6.07) is 16.4. The molecule has 0 radical (unpaired) electrons. The summed E-state index contributed by atoms with van der Waals surface area (Å²) < 4.78 is 0. The predicted octanol–water partition coefficient (Wildman–Crippen LogP) is 6.05. The maximum absolute atomic E-state index is 2.55. The van der Waals surface area contributed by atoms with Gasteiger partial charge in [-0.05, 0) is 22.3 Å². The van der Waals surface area contributed by atoms with Gasteiger partial charge in [-0.25, -0.2) is 0 Å². The summed E-state index contributed by atoms with van der Waals surface area (Å²) in [5.74, 6) is 0. The van der Waals surface area contributed by atoms with Crippen LogP contribution in [0.2, 0.25) is 12.6 Å². The van der Waals surface area contributed by atoms with E-state index in [1.165, 1.54) is 67.9 Å². The molecule has 24 heavy (non-hydrogen) atoms. The molecule has 1 fully saturated rings. The Hall–Kier alpha value is -1.50. The molecule has 1 heterocycles. The zero-order valence-corrected chi connectivity index (χ0v) is 15.3. The van der Waals surface area contributed by atoms with E-state index < -0.39 is 0 Å². The van der Waals surface area contributed by atoms with Crippen molar-refractivity contribution in [1.29, 1.82) is 0 Å². The van der Waals surface area contributed by atoms with E-state index in [1.54, 1.807) is 11.0 Å². The molecule has 0 saturated carbocycles. The van der Waals surface area contributed by atoms with Gasteiger partial charge in [-0.3, -0.25) is 0 Å². The van der Waals surface area contributed by atoms with Crippen LogP contribution in [-0.4, -0.2) is 6.71 Å². The maximum atomic E-state index is 2.55. The van der Waals surface area contributed by atoms with Crippen LogP contribution in [0, 0.1) is 0 Å². The van der Waals surface area contributed by atoms with Gasteiger partial charge < -0.3 is 0 Å². The van der Waals surface area contributed by atoms with Crippen molar-refractivity contribution in [2.45, 2.75) is 70.4 Å². The van der Waals surface area contributed by atoms with Crippen LogP contribution in [0.25, 0.3) is 11.1 Å². The average Bonchev–Trinajstić information content (AvgIpc) is 2.91. The van der Waals surface area contributed by atoms with Gasteiger partial charge in [0, 0.05) is 5.41 Å². The fraction of sp³-hybridized carbons (Fsp3) is 0.478. The molecule has 0 atom stereocenters. The lowest BCUT2D eigenvalue weighted by molar-refractivity contribution is 0.633. The van der Waals surface area contributed by atoms with Gasteiger partial charge >= 0.3 is 0 Å². The predicted molar refractivity (Wildman–Crippen MR) is 107 cm³/mol.